The Bertz CT molecular complexity index is 80.4. The van der Waals surface area contributed by atoms with Gasteiger partial charge in [-0.1, -0.05) is 0 Å². The van der Waals surface area contributed by atoms with E-state index < -0.39 is 0 Å². The largest absolute Gasteiger partial charge is 0.313 e. The summed E-state index contributed by atoms with van der Waals surface area (Å²) in [6.07, 6.45) is 5.64. The summed E-state index contributed by atoms with van der Waals surface area (Å²) in [6, 6.07) is 0.843. The van der Waals surface area contributed by atoms with Crippen LogP contribution in [0.4, 0.5) is 0 Å². The summed E-state index contributed by atoms with van der Waals surface area (Å²) in [5.74, 6) is 1.78. The first-order chi connectivity index (χ1) is 3.97. The second-order valence-corrected chi connectivity index (χ2v) is 2.81. The van der Waals surface area contributed by atoms with E-state index in [-0.39, 0.29) is 0 Å². The Morgan fingerprint density at radius 3 is 2.75 bits per heavy atom. The maximum atomic E-state index is 3.48. The third-order valence-electron chi connectivity index (χ3n) is 2.09. The van der Waals surface area contributed by atoms with Crippen LogP contribution in [-0.2, 0) is 0 Å². The lowest BCUT2D eigenvalue weighted by molar-refractivity contribution is 0.668. The summed E-state index contributed by atoms with van der Waals surface area (Å²) in [5, 5.41) is 3.48. The molecule has 45 valence electrons. The second kappa shape index (κ2) is 1.73. The lowest BCUT2D eigenvalue weighted by Crippen LogP contribution is -2.21. The molecule has 1 aliphatic heterocycles. The number of rotatable bonds is 1. The lowest BCUT2D eigenvalue weighted by atomic mass is 10.1. The van der Waals surface area contributed by atoms with Crippen molar-refractivity contribution in [1.29, 1.82) is 0 Å². The molecule has 0 bridgehead atoms. The van der Waals surface area contributed by atoms with Crippen molar-refractivity contribution < 1.29 is 0 Å². The van der Waals surface area contributed by atoms with Gasteiger partial charge in [-0.15, -0.1) is 0 Å². The van der Waals surface area contributed by atoms with Gasteiger partial charge in [-0.05, 0) is 38.1 Å². The summed E-state index contributed by atoms with van der Waals surface area (Å²) >= 11 is 0. The van der Waals surface area contributed by atoms with Gasteiger partial charge in [0.05, 0.1) is 0 Å². The van der Waals surface area contributed by atoms with Crippen LogP contribution in [0.5, 0.6) is 0 Å². The van der Waals surface area contributed by atoms with Crippen LogP contribution in [0.15, 0.2) is 0 Å². The number of hydrogen-bond acceptors (Lipinski definition) is 1. The van der Waals surface area contributed by atoms with Crippen LogP contribution in [0.25, 0.3) is 0 Å². The number of nitrogens with one attached hydrogen (secondary N) is 1. The molecule has 0 aromatic heterocycles. The molecule has 1 radical (unpaired) electrons. The van der Waals surface area contributed by atoms with Crippen molar-refractivity contribution in [3.8, 4) is 0 Å². The zero-order chi connectivity index (χ0) is 5.40. The van der Waals surface area contributed by atoms with Crippen LogP contribution in [-0.4, -0.2) is 12.6 Å². The van der Waals surface area contributed by atoms with Gasteiger partial charge >= 0.3 is 0 Å². The van der Waals surface area contributed by atoms with Crippen LogP contribution in [0.1, 0.15) is 25.7 Å². The zero-order valence-corrected chi connectivity index (χ0v) is 5.11. The van der Waals surface area contributed by atoms with Gasteiger partial charge in [-0.3, -0.25) is 0 Å². The van der Waals surface area contributed by atoms with E-state index in [0.717, 1.165) is 6.04 Å². The quantitative estimate of drug-likeness (QED) is 0.533. The van der Waals surface area contributed by atoms with Crippen LogP contribution in [0.3, 0.4) is 0 Å². The van der Waals surface area contributed by atoms with E-state index in [0.29, 0.717) is 0 Å². The minimum Gasteiger partial charge on any atom is -0.313 e. The molecule has 1 N–H and O–H groups in total. The lowest BCUT2D eigenvalue weighted by Gasteiger charge is -2.04. The molecule has 1 atom stereocenters. The number of hydrogen-bond donors (Lipinski definition) is 1. The van der Waals surface area contributed by atoms with Crippen LogP contribution in [0.2, 0.25) is 0 Å². The zero-order valence-electron chi connectivity index (χ0n) is 5.11. The SMILES string of the molecule is C1CN[C@H]([C]2CC2)C1. The van der Waals surface area contributed by atoms with Crippen molar-refractivity contribution in [3.05, 3.63) is 5.92 Å². The highest BCUT2D eigenvalue weighted by Gasteiger charge is 2.32. The van der Waals surface area contributed by atoms with Gasteiger partial charge in [0.2, 0.25) is 0 Å². The molecule has 0 aromatic carbocycles. The Labute approximate surface area is 50.5 Å². The normalized spacial score (nSPS) is 38.2. The van der Waals surface area contributed by atoms with Crippen LogP contribution in [0, 0.1) is 5.92 Å². The van der Waals surface area contributed by atoms with E-state index in [4.69, 9.17) is 0 Å². The molecule has 1 saturated carbocycles. The highest BCUT2D eigenvalue weighted by Crippen LogP contribution is 2.38. The first-order valence-corrected chi connectivity index (χ1v) is 3.55. The Morgan fingerprint density at radius 2 is 2.25 bits per heavy atom. The molecule has 1 aliphatic carbocycles. The third-order valence-corrected chi connectivity index (χ3v) is 2.09. The average Bonchev–Trinajstić information content (AvgIpc) is 2.49. The van der Waals surface area contributed by atoms with E-state index >= 15 is 0 Å². The molecular formula is C7H12N. The highest BCUT2D eigenvalue weighted by molar-refractivity contribution is 5.14. The van der Waals surface area contributed by atoms with E-state index in [1.807, 2.05) is 0 Å². The summed E-state index contributed by atoms with van der Waals surface area (Å²) in [5.41, 5.74) is 0. The maximum absolute atomic E-state index is 3.48. The molecule has 1 nitrogen and oxygen atoms in total. The minimum atomic E-state index is 0.843. The molecule has 1 saturated heterocycles. The summed E-state index contributed by atoms with van der Waals surface area (Å²) in [4.78, 5) is 0. The average molecular weight is 110 g/mol. The van der Waals surface area contributed by atoms with E-state index in [9.17, 15) is 0 Å². The summed E-state index contributed by atoms with van der Waals surface area (Å²) in [6.45, 7) is 1.26. The monoisotopic (exact) mass is 110 g/mol. The molecule has 0 amide bonds. The molecule has 2 rings (SSSR count). The second-order valence-electron chi connectivity index (χ2n) is 2.81. The summed E-state index contributed by atoms with van der Waals surface area (Å²) in [7, 11) is 0. The van der Waals surface area contributed by atoms with Crippen LogP contribution >= 0.6 is 0 Å². The fraction of sp³-hybridized carbons (Fsp3) is 0.857. The first-order valence-electron chi connectivity index (χ1n) is 3.55. The minimum absolute atomic E-state index is 0.843. The van der Waals surface area contributed by atoms with Gasteiger partial charge in [0.15, 0.2) is 0 Å². The van der Waals surface area contributed by atoms with Crippen molar-refractivity contribution in [1.82, 2.24) is 5.32 Å². The van der Waals surface area contributed by atoms with Gasteiger partial charge in [-0.25, -0.2) is 0 Å². The smallest absolute Gasteiger partial charge is 0.0130 e. The molecule has 0 spiro atoms. The first kappa shape index (κ1) is 4.80. The Morgan fingerprint density at radius 1 is 1.38 bits per heavy atom. The molecule has 0 aromatic rings. The van der Waals surface area contributed by atoms with Crippen molar-refractivity contribution in [2.75, 3.05) is 6.54 Å². The standard InChI is InChI=1S/C7H12N/c1-2-7(8-5-1)6-3-4-6/h7-8H,1-5H2/t7-/m0/s1. The molecule has 8 heavy (non-hydrogen) atoms. The Kier molecular flexibility index (Phi) is 1.04. The maximum Gasteiger partial charge on any atom is 0.0130 e. The fourth-order valence-corrected chi connectivity index (χ4v) is 1.45. The van der Waals surface area contributed by atoms with Crippen molar-refractivity contribution >= 4 is 0 Å². The van der Waals surface area contributed by atoms with E-state index in [1.54, 1.807) is 5.92 Å². The molecule has 0 unspecified atom stereocenters. The molecule has 1 heterocycles. The molecule has 1 heteroatoms. The van der Waals surface area contributed by atoms with Crippen molar-refractivity contribution in [2.45, 2.75) is 31.7 Å². The topological polar surface area (TPSA) is 12.0 Å². The molecule has 2 fully saturated rings. The van der Waals surface area contributed by atoms with Gasteiger partial charge < -0.3 is 5.32 Å². The predicted octanol–water partition coefficient (Wildman–Crippen LogP) is 1.11. The van der Waals surface area contributed by atoms with Gasteiger partial charge in [-0.2, -0.15) is 0 Å². The highest BCUT2D eigenvalue weighted by atomic mass is 14.9. The Balaban J connectivity index is 1.86. The van der Waals surface area contributed by atoms with E-state index in [1.165, 1.54) is 32.2 Å². The molecular weight excluding hydrogens is 98.1 g/mol. The predicted molar refractivity (Wildman–Crippen MR) is 33.5 cm³/mol. The van der Waals surface area contributed by atoms with Gasteiger partial charge in [0.25, 0.3) is 0 Å². The van der Waals surface area contributed by atoms with Crippen molar-refractivity contribution in [3.63, 3.8) is 0 Å². The molecule has 2 aliphatic rings. The van der Waals surface area contributed by atoms with Crippen molar-refractivity contribution in [2.24, 2.45) is 0 Å². The van der Waals surface area contributed by atoms with Crippen LogP contribution < -0.4 is 5.32 Å². The van der Waals surface area contributed by atoms with Gasteiger partial charge in [0.1, 0.15) is 0 Å². The summed E-state index contributed by atoms with van der Waals surface area (Å²) < 4.78 is 0. The Hall–Kier alpha value is -0.0400. The fourth-order valence-electron chi connectivity index (χ4n) is 1.45. The third kappa shape index (κ3) is 0.752. The van der Waals surface area contributed by atoms with E-state index in [2.05, 4.69) is 5.32 Å². The van der Waals surface area contributed by atoms with Gasteiger partial charge in [0, 0.05) is 6.04 Å².